The topological polar surface area (TPSA) is 107 Å². The van der Waals surface area contributed by atoms with E-state index < -0.39 is 30.0 Å². The smallest absolute Gasteiger partial charge is 0.379 e. The van der Waals surface area contributed by atoms with Crippen molar-refractivity contribution in [3.05, 3.63) is 10.1 Å². The van der Waals surface area contributed by atoms with Crippen LogP contribution >= 0.6 is 0 Å². The number of carboxylic acids is 1. The highest BCUT2D eigenvalue weighted by molar-refractivity contribution is 5.75. The molecule has 0 amide bonds. The minimum Gasteiger partial charge on any atom is -0.479 e. The summed E-state index contributed by atoms with van der Waals surface area (Å²) >= 11 is 0. The first-order valence-corrected chi connectivity index (χ1v) is 2.51. The fourth-order valence-corrected chi connectivity index (χ4v) is 0.293. The first-order valence-electron chi connectivity index (χ1n) is 2.51. The van der Waals surface area contributed by atoms with E-state index in [0.29, 0.717) is 0 Å². The van der Waals surface area contributed by atoms with Gasteiger partial charge in [-0.2, -0.15) is 0 Å². The molecule has 0 heterocycles. The Hall–Kier alpha value is -1.66. The number of rotatable bonds is 4. The molecule has 0 aliphatic carbocycles. The van der Waals surface area contributed by atoms with Gasteiger partial charge in [0.05, 0.1) is 0 Å². The maximum absolute atomic E-state index is 10.2. The van der Waals surface area contributed by atoms with Gasteiger partial charge in [-0.15, -0.1) is 0 Å². The summed E-state index contributed by atoms with van der Waals surface area (Å²) in [5.41, 5.74) is 0. The zero-order chi connectivity index (χ0) is 8.85. The summed E-state index contributed by atoms with van der Waals surface area (Å²) in [6, 6.07) is 0. The predicted octanol–water partition coefficient (Wildman–Crippen LogP) is -1.11. The molecular weight excluding hydrogens is 158 g/mol. The van der Waals surface area contributed by atoms with E-state index in [1.165, 1.54) is 0 Å². The average molecular weight is 163 g/mol. The van der Waals surface area contributed by atoms with Crippen molar-refractivity contribution in [1.29, 1.82) is 0 Å². The van der Waals surface area contributed by atoms with Gasteiger partial charge in [0.2, 0.25) is 0 Å². The third-order valence-corrected chi connectivity index (χ3v) is 0.615. The molecule has 0 aliphatic rings. The Morgan fingerprint density at radius 1 is 1.55 bits per heavy atom. The summed E-state index contributed by atoms with van der Waals surface area (Å²) in [5.74, 6) is -2.50. The van der Waals surface area contributed by atoms with Crippen LogP contribution in [0, 0.1) is 10.1 Å². The second-order valence-electron chi connectivity index (χ2n) is 1.55. The average Bonchev–Trinajstić information content (AvgIpc) is 1.82. The van der Waals surface area contributed by atoms with Gasteiger partial charge >= 0.3 is 11.9 Å². The minimum absolute atomic E-state index is 0.841. The lowest BCUT2D eigenvalue weighted by Crippen LogP contribution is -2.20. The number of carbonyl (C=O) groups excluding carboxylic acids is 1. The van der Waals surface area contributed by atoms with Gasteiger partial charge in [0.15, 0.2) is 6.61 Å². The molecule has 0 saturated heterocycles. The standard InChI is InChI=1S/C4H5NO6/c6-3(7)2-11-4(8)1-5(9)10/h1-2H2,(H,6,7). The largest absolute Gasteiger partial charge is 0.479 e. The zero-order valence-corrected chi connectivity index (χ0v) is 5.35. The van der Waals surface area contributed by atoms with Crippen LogP contribution in [0.1, 0.15) is 0 Å². The van der Waals surface area contributed by atoms with Crippen molar-refractivity contribution < 1.29 is 24.4 Å². The molecule has 0 spiro atoms. The normalized spacial score (nSPS) is 8.73. The molecule has 62 valence electrons. The fourth-order valence-electron chi connectivity index (χ4n) is 0.293. The van der Waals surface area contributed by atoms with Crippen molar-refractivity contribution in [1.82, 2.24) is 0 Å². The van der Waals surface area contributed by atoms with E-state index in [9.17, 15) is 19.7 Å². The Morgan fingerprint density at radius 3 is 2.45 bits per heavy atom. The number of nitro groups is 1. The van der Waals surface area contributed by atoms with Gasteiger partial charge in [-0.25, -0.2) is 9.59 Å². The van der Waals surface area contributed by atoms with Crippen LogP contribution in [0.4, 0.5) is 0 Å². The van der Waals surface area contributed by atoms with Crippen LogP contribution in [0.5, 0.6) is 0 Å². The highest BCUT2D eigenvalue weighted by Crippen LogP contribution is 1.79. The van der Waals surface area contributed by atoms with Gasteiger partial charge in [0, 0.05) is 4.92 Å². The Labute approximate surface area is 60.7 Å². The van der Waals surface area contributed by atoms with Crippen LogP contribution in [0.25, 0.3) is 0 Å². The van der Waals surface area contributed by atoms with E-state index >= 15 is 0 Å². The van der Waals surface area contributed by atoms with Crippen LogP contribution in [-0.4, -0.2) is 35.1 Å². The quantitative estimate of drug-likeness (QED) is 0.320. The van der Waals surface area contributed by atoms with Gasteiger partial charge in [-0.3, -0.25) is 10.1 Å². The second-order valence-corrected chi connectivity index (χ2v) is 1.55. The second kappa shape index (κ2) is 4.20. The summed E-state index contributed by atoms with van der Waals surface area (Å²) in [6.07, 6.45) is 0. The third kappa shape index (κ3) is 6.22. The lowest BCUT2D eigenvalue weighted by Gasteiger charge is -1.95. The SMILES string of the molecule is O=C(O)COC(=O)C[N+](=O)[O-]. The molecule has 0 bridgehead atoms. The van der Waals surface area contributed by atoms with Crippen LogP contribution < -0.4 is 0 Å². The number of hydrogen-bond acceptors (Lipinski definition) is 5. The first-order chi connectivity index (χ1) is 5.02. The number of carboxylic acid groups (broad SMARTS) is 1. The highest BCUT2D eigenvalue weighted by atomic mass is 16.6. The molecular formula is C4H5NO6. The molecule has 0 rings (SSSR count). The minimum atomic E-state index is -1.35. The number of ether oxygens (including phenoxy) is 1. The van der Waals surface area contributed by atoms with Crippen molar-refractivity contribution in [2.24, 2.45) is 0 Å². The lowest BCUT2D eigenvalue weighted by molar-refractivity contribution is -0.470. The molecule has 0 unspecified atom stereocenters. The Bertz CT molecular complexity index is 187. The van der Waals surface area contributed by atoms with Crippen molar-refractivity contribution >= 4 is 11.9 Å². The predicted molar refractivity (Wildman–Crippen MR) is 30.5 cm³/mol. The summed E-state index contributed by atoms with van der Waals surface area (Å²) < 4.78 is 3.93. The number of hydrogen-bond donors (Lipinski definition) is 1. The Balaban J connectivity index is 3.53. The van der Waals surface area contributed by atoms with Crippen molar-refractivity contribution in [2.75, 3.05) is 13.2 Å². The molecule has 0 aromatic carbocycles. The van der Waals surface area contributed by atoms with E-state index in [2.05, 4.69) is 4.74 Å². The summed E-state index contributed by atoms with van der Waals surface area (Å²) in [5, 5.41) is 17.6. The summed E-state index contributed by atoms with van der Waals surface area (Å²) in [6.45, 7) is -1.85. The molecule has 7 heteroatoms. The van der Waals surface area contributed by atoms with E-state index in [1.54, 1.807) is 0 Å². The number of nitrogens with zero attached hydrogens (tertiary/aromatic N) is 1. The molecule has 0 radical (unpaired) electrons. The van der Waals surface area contributed by atoms with Crippen molar-refractivity contribution in [2.45, 2.75) is 0 Å². The van der Waals surface area contributed by atoms with Crippen LogP contribution in [0.15, 0.2) is 0 Å². The maximum Gasteiger partial charge on any atom is 0.379 e. The number of aliphatic carboxylic acids is 1. The van der Waals surface area contributed by atoms with Crippen molar-refractivity contribution in [3.63, 3.8) is 0 Å². The van der Waals surface area contributed by atoms with E-state index in [-0.39, 0.29) is 0 Å². The number of carbonyl (C=O) groups is 2. The van der Waals surface area contributed by atoms with Gasteiger partial charge in [0.25, 0.3) is 6.54 Å². The molecule has 11 heavy (non-hydrogen) atoms. The van der Waals surface area contributed by atoms with Gasteiger partial charge in [0.1, 0.15) is 0 Å². The monoisotopic (exact) mass is 163 g/mol. The van der Waals surface area contributed by atoms with Gasteiger partial charge in [-0.1, -0.05) is 0 Å². The van der Waals surface area contributed by atoms with Gasteiger partial charge in [-0.05, 0) is 0 Å². The maximum atomic E-state index is 10.2. The summed E-state index contributed by atoms with van der Waals surface area (Å²) in [4.78, 5) is 28.7. The Kier molecular flexibility index (Phi) is 3.57. The van der Waals surface area contributed by atoms with Crippen LogP contribution in [-0.2, 0) is 14.3 Å². The molecule has 0 aliphatic heterocycles. The fraction of sp³-hybridized carbons (Fsp3) is 0.500. The Morgan fingerprint density at radius 2 is 2.09 bits per heavy atom. The van der Waals surface area contributed by atoms with Crippen LogP contribution in [0.2, 0.25) is 0 Å². The molecule has 0 aromatic rings. The number of esters is 1. The van der Waals surface area contributed by atoms with Crippen molar-refractivity contribution in [3.8, 4) is 0 Å². The van der Waals surface area contributed by atoms with E-state index in [0.717, 1.165) is 0 Å². The molecule has 0 saturated carbocycles. The first kappa shape index (κ1) is 9.34. The molecule has 0 atom stereocenters. The van der Waals surface area contributed by atoms with Crippen LogP contribution in [0.3, 0.4) is 0 Å². The van der Waals surface area contributed by atoms with E-state index in [1.807, 2.05) is 0 Å². The highest BCUT2D eigenvalue weighted by Gasteiger charge is 2.11. The molecule has 1 N–H and O–H groups in total. The molecule has 0 fully saturated rings. The molecule has 0 aromatic heterocycles. The van der Waals surface area contributed by atoms with Gasteiger partial charge < -0.3 is 9.84 Å². The zero-order valence-electron chi connectivity index (χ0n) is 5.35. The third-order valence-electron chi connectivity index (χ3n) is 0.615. The van der Waals surface area contributed by atoms with E-state index in [4.69, 9.17) is 5.11 Å². The summed E-state index contributed by atoms with van der Waals surface area (Å²) in [7, 11) is 0. The molecule has 7 nitrogen and oxygen atoms in total. The lowest BCUT2D eigenvalue weighted by atomic mass is 10.6.